The van der Waals surface area contributed by atoms with Crippen molar-refractivity contribution >= 4 is 23.2 Å². The van der Waals surface area contributed by atoms with Gasteiger partial charge in [-0.25, -0.2) is 4.98 Å². The number of benzene rings is 1. The molecular weight excluding hydrogens is 335 g/mol. The zero-order valence-electron chi connectivity index (χ0n) is 11.6. The van der Waals surface area contributed by atoms with Gasteiger partial charge < -0.3 is 9.94 Å². The van der Waals surface area contributed by atoms with Gasteiger partial charge in [0.05, 0.1) is 6.54 Å². The van der Waals surface area contributed by atoms with Gasteiger partial charge in [0.15, 0.2) is 0 Å². The Hall–Kier alpha value is -1.90. The van der Waals surface area contributed by atoms with E-state index in [0.29, 0.717) is 23.2 Å². The molecule has 1 atom stereocenters. The topological polar surface area (TPSA) is 103 Å². The van der Waals surface area contributed by atoms with E-state index < -0.39 is 5.09 Å². The van der Waals surface area contributed by atoms with E-state index in [4.69, 9.17) is 43.3 Å². The molecule has 22 heavy (non-hydrogen) atoms. The Morgan fingerprint density at radius 1 is 1.50 bits per heavy atom. The van der Waals surface area contributed by atoms with Crippen LogP contribution in [-0.4, -0.2) is 31.7 Å². The molecule has 1 heterocycles. The molecule has 0 aliphatic rings. The van der Waals surface area contributed by atoms with E-state index in [1.54, 1.807) is 23.1 Å². The molecule has 1 unspecified atom stereocenters. The van der Waals surface area contributed by atoms with Crippen LogP contribution in [-0.2, 0) is 11.3 Å². The zero-order valence-corrected chi connectivity index (χ0v) is 13.1. The van der Waals surface area contributed by atoms with Gasteiger partial charge in [-0.05, 0) is 19.1 Å². The smallest absolute Gasteiger partial charge is 0.291 e. The molecular formula is C12H14Cl2N4O4. The van der Waals surface area contributed by atoms with Gasteiger partial charge in [0.2, 0.25) is 0 Å². The summed E-state index contributed by atoms with van der Waals surface area (Å²) in [6.45, 7) is 3.10. The van der Waals surface area contributed by atoms with Crippen molar-refractivity contribution in [3.63, 3.8) is 0 Å². The number of hydrogen-bond acceptors (Lipinski definition) is 5. The van der Waals surface area contributed by atoms with Crippen molar-refractivity contribution in [1.29, 1.82) is 0 Å². The molecule has 120 valence electrons. The molecule has 0 bridgehead atoms. The minimum Gasteiger partial charge on any atom is -0.372 e. The molecule has 0 aliphatic heterocycles. The Bertz CT molecular complexity index is 591. The van der Waals surface area contributed by atoms with Gasteiger partial charge in [0, 0.05) is 22.2 Å². The molecule has 0 aliphatic carbocycles. The highest BCUT2D eigenvalue weighted by Gasteiger charge is 2.16. The summed E-state index contributed by atoms with van der Waals surface area (Å²) >= 11 is 12.1. The standard InChI is InChI=1S/C12H13Cl2N3O.HNO3/c1-2-18-12(6-17-8-15-7-16-17)10-4-3-9(13)5-11(10)14;2-1(3)4/h3-5,7-8,12H,2,6H2,1H3;(H,2,3,4). The van der Waals surface area contributed by atoms with Gasteiger partial charge in [0.1, 0.15) is 18.8 Å². The maximum absolute atomic E-state index is 8.36. The van der Waals surface area contributed by atoms with Crippen molar-refractivity contribution in [1.82, 2.24) is 14.8 Å². The Balaban J connectivity index is 0.000000541. The van der Waals surface area contributed by atoms with Crippen molar-refractivity contribution in [2.75, 3.05) is 6.61 Å². The van der Waals surface area contributed by atoms with Gasteiger partial charge in [-0.3, -0.25) is 4.68 Å². The minimum atomic E-state index is -1.50. The van der Waals surface area contributed by atoms with E-state index in [-0.39, 0.29) is 6.10 Å². The summed E-state index contributed by atoms with van der Waals surface area (Å²) in [5, 5.41) is 18.9. The van der Waals surface area contributed by atoms with Crippen LogP contribution in [0.5, 0.6) is 0 Å². The highest BCUT2D eigenvalue weighted by atomic mass is 35.5. The van der Waals surface area contributed by atoms with Crippen LogP contribution in [0.15, 0.2) is 30.9 Å². The van der Waals surface area contributed by atoms with Crippen molar-refractivity contribution in [2.45, 2.75) is 19.6 Å². The van der Waals surface area contributed by atoms with E-state index in [0.717, 1.165) is 5.56 Å². The summed E-state index contributed by atoms with van der Waals surface area (Å²) in [5.41, 5.74) is 0.901. The first-order valence-electron chi connectivity index (χ1n) is 6.16. The van der Waals surface area contributed by atoms with E-state index >= 15 is 0 Å². The summed E-state index contributed by atoms with van der Waals surface area (Å²) in [6.07, 6.45) is 2.98. The molecule has 1 N–H and O–H groups in total. The lowest BCUT2D eigenvalue weighted by Gasteiger charge is -2.18. The maximum atomic E-state index is 8.36. The van der Waals surface area contributed by atoms with Crippen LogP contribution in [0.4, 0.5) is 0 Å². The third-order valence-electron chi connectivity index (χ3n) is 2.50. The fraction of sp³-hybridized carbons (Fsp3) is 0.333. The molecule has 2 rings (SSSR count). The van der Waals surface area contributed by atoms with Gasteiger partial charge >= 0.3 is 0 Å². The monoisotopic (exact) mass is 348 g/mol. The molecule has 0 saturated carbocycles. The molecule has 1 aromatic carbocycles. The van der Waals surface area contributed by atoms with Crippen molar-refractivity contribution in [2.24, 2.45) is 0 Å². The first-order valence-corrected chi connectivity index (χ1v) is 6.91. The summed E-state index contributed by atoms with van der Waals surface area (Å²) in [4.78, 5) is 12.3. The lowest BCUT2D eigenvalue weighted by atomic mass is 10.1. The number of ether oxygens (including phenoxy) is 1. The quantitative estimate of drug-likeness (QED) is 0.657. The van der Waals surface area contributed by atoms with Crippen molar-refractivity contribution in [3.8, 4) is 0 Å². The first-order chi connectivity index (χ1) is 10.4. The molecule has 2 aromatic rings. The van der Waals surface area contributed by atoms with E-state index in [2.05, 4.69) is 10.1 Å². The predicted molar refractivity (Wildman–Crippen MR) is 79.6 cm³/mol. The molecule has 0 spiro atoms. The average Bonchev–Trinajstić information content (AvgIpc) is 2.90. The van der Waals surface area contributed by atoms with E-state index in [9.17, 15) is 0 Å². The summed E-state index contributed by atoms with van der Waals surface area (Å²) in [6, 6.07) is 5.39. The average molecular weight is 349 g/mol. The summed E-state index contributed by atoms with van der Waals surface area (Å²) in [7, 11) is 0. The second kappa shape index (κ2) is 9.19. The SMILES string of the molecule is CCOC(Cn1cncn1)c1ccc(Cl)cc1Cl.O=[N+]([O-])O. The fourth-order valence-electron chi connectivity index (χ4n) is 1.70. The van der Waals surface area contributed by atoms with Crippen LogP contribution in [0.1, 0.15) is 18.6 Å². The second-order valence-corrected chi connectivity index (χ2v) is 4.81. The predicted octanol–water partition coefficient (Wildman–Crippen LogP) is 3.02. The number of rotatable bonds is 5. The van der Waals surface area contributed by atoms with E-state index in [1.165, 1.54) is 6.33 Å². The molecule has 1 aromatic heterocycles. The van der Waals surface area contributed by atoms with Gasteiger partial charge in [-0.1, -0.05) is 29.3 Å². The largest absolute Gasteiger partial charge is 0.372 e. The van der Waals surface area contributed by atoms with Crippen LogP contribution in [0.3, 0.4) is 0 Å². The highest BCUT2D eigenvalue weighted by Crippen LogP contribution is 2.29. The lowest BCUT2D eigenvalue weighted by molar-refractivity contribution is -0.742. The molecule has 0 radical (unpaired) electrons. The summed E-state index contributed by atoms with van der Waals surface area (Å²) in [5.74, 6) is 0. The Morgan fingerprint density at radius 2 is 2.18 bits per heavy atom. The Kier molecular flexibility index (Phi) is 7.58. The van der Waals surface area contributed by atoms with Crippen LogP contribution < -0.4 is 0 Å². The Morgan fingerprint density at radius 3 is 2.68 bits per heavy atom. The van der Waals surface area contributed by atoms with Crippen LogP contribution in [0.2, 0.25) is 10.0 Å². The van der Waals surface area contributed by atoms with Crippen LogP contribution >= 0.6 is 23.2 Å². The van der Waals surface area contributed by atoms with Crippen molar-refractivity contribution in [3.05, 3.63) is 56.6 Å². The number of halogens is 2. The number of hydrogen-bond donors (Lipinski definition) is 1. The zero-order chi connectivity index (χ0) is 16.5. The normalized spacial score (nSPS) is 11.4. The second-order valence-electron chi connectivity index (χ2n) is 3.97. The molecule has 0 amide bonds. The lowest BCUT2D eigenvalue weighted by Crippen LogP contribution is -2.13. The highest BCUT2D eigenvalue weighted by molar-refractivity contribution is 6.35. The fourth-order valence-corrected chi connectivity index (χ4v) is 2.23. The van der Waals surface area contributed by atoms with Gasteiger partial charge in [-0.2, -0.15) is 5.10 Å². The molecule has 8 nitrogen and oxygen atoms in total. The van der Waals surface area contributed by atoms with Gasteiger partial charge in [-0.15, -0.1) is 10.1 Å². The minimum absolute atomic E-state index is 0.165. The van der Waals surface area contributed by atoms with Gasteiger partial charge in [0.25, 0.3) is 5.09 Å². The molecule has 0 saturated heterocycles. The molecule has 0 fully saturated rings. The number of nitrogens with zero attached hydrogens (tertiary/aromatic N) is 4. The van der Waals surface area contributed by atoms with E-state index in [1.807, 2.05) is 13.0 Å². The first kappa shape index (κ1) is 18.1. The molecule has 10 heteroatoms. The van der Waals surface area contributed by atoms with Crippen molar-refractivity contribution < 1.29 is 15.0 Å². The summed E-state index contributed by atoms with van der Waals surface area (Å²) < 4.78 is 7.42. The van der Waals surface area contributed by atoms with Crippen LogP contribution in [0, 0.1) is 10.1 Å². The third-order valence-corrected chi connectivity index (χ3v) is 3.06. The number of aromatic nitrogens is 3. The maximum Gasteiger partial charge on any atom is 0.291 e. The van der Waals surface area contributed by atoms with Crippen LogP contribution in [0.25, 0.3) is 0 Å². The Labute approximate surface area is 136 Å². The third kappa shape index (κ3) is 6.25.